The van der Waals surface area contributed by atoms with Gasteiger partial charge in [0.2, 0.25) is 0 Å². The van der Waals surface area contributed by atoms with Crippen molar-refractivity contribution < 1.29 is 9.53 Å². The first kappa shape index (κ1) is 18.0. The minimum atomic E-state index is 0.113. The van der Waals surface area contributed by atoms with Gasteiger partial charge in [0, 0.05) is 12.3 Å². The SMILES string of the molecule is CCCCCC1CCC(c2ccc(OCCCC)cc2)C(=O)C1. The van der Waals surface area contributed by atoms with Crippen LogP contribution in [0.5, 0.6) is 5.75 Å². The molecule has 1 aliphatic carbocycles. The van der Waals surface area contributed by atoms with E-state index in [1.807, 2.05) is 12.1 Å². The van der Waals surface area contributed by atoms with Crippen LogP contribution in [-0.2, 0) is 4.79 Å². The fourth-order valence-corrected chi connectivity index (χ4v) is 3.50. The third-order valence-electron chi connectivity index (χ3n) is 5.01. The Morgan fingerprint density at radius 2 is 1.74 bits per heavy atom. The van der Waals surface area contributed by atoms with Crippen molar-refractivity contribution in [3.8, 4) is 5.75 Å². The Bertz CT molecular complexity index is 463. The molecule has 1 aromatic rings. The van der Waals surface area contributed by atoms with Gasteiger partial charge in [0.15, 0.2) is 0 Å². The average Bonchev–Trinajstić information content (AvgIpc) is 2.56. The van der Waals surface area contributed by atoms with E-state index in [1.165, 1.54) is 37.7 Å². The van der Waals surface area contributed by atoms with Crippen molar-refractivity contribution in [2.45, 2.75) is 77.6 Å². The number of rotatable bonds is 9. The largest absolute Gasteiger partial charge is 0.494 e. The number of unbranched alkanes of at least 4 members (excludes halogenated alkanes) is 3. The zero-order chi connectivity index (χ0) is 16.5. The summed E-state index contributed by atoms with van der Waals surface area (Å²) >= 11 is 0. The van der Waals surface area contributed by atoms with Crippen LogP contribution in [0.25, 0.3) is 0 Å². The van der Waals surface area contributed by atoms with Crippen LogP contribution in [0.15, 0.2) is 24.3 Å². The van der Waals surface area contributed by atoms with E-state index in [9.17, 15) is 4.79 Å². The molecule has 0 N–H and O–H groups in total. The van der Waals surface area contributed by atoms with Gasteiger partial charge in [-0.05, 0) is 42.9 Å². The molecule has 2 atom stereocenters. The Morgan fingerprint density at radius 3 is 2.39 bits per heavy atom. The molecule has 128 valence electrons. The highest BCUT2D eigenvalue weighted by molar-refractivity contribution is 5.86. The summed E-state index contributed by atoms with van der Waals surface area (Å²) in [6.07, 6.45) is 10.3. The van der Waals surface area contributed by atoms with Crippen molar-refractivity contribution in [1.82, 2.24) is 0 Å². The average molecular weight is 316 g/mol. The second-order valence-corrected chi connectivity index (χ2v) is 6.93. The van der Waals surface area contributed by atoms with E-state index in [-0.39, 0.29) is 5.92 Å². The van der Waals surface area contributed by atoms with Gasteiger partial charge in [-0.3, -0.25) is 4.79 Å². The molecule has 2 unspecified atom stereocenters. The molecule has 0 amide bonds. The molecule has 0 aromatic heterocycles. The Labute approximate surface area is 141 Å². The summed E-state index contributed by atoms with van der Waals surface area (Å²) in [5.74, 6) is 2.10. The van der Waals surface area contributed by atoms with E-state index in [0.29, 0.717) is 11.7 Å². The van der Waals surface area contributed by atoms with Crippen LogP contribution in [-0.4, -0.2) is 12.4 Å². The fraction of sp³-hybridized carbons (Fsp3) is 0.667. The number of hydrogen-bond donors (Lipinski definition) is 0. The van der Waals surface area contributed by atoms with Crippen molar-refractivity contribution in [3.05, 3.63) is 29.8 Å². The normalized spacial score (nSPS) is 21.4. The molecule has 2 rings (SSSR count). The second-order valence-electron chi connectivity index (χ2n) is 6.93. The van der Waals surface area contributed by atoms with Gasteiger partial charge in [-0.1, -0.05) is 58.1 Å². The first-order chi connectivity index (χ1) is 11.2. The van der Waals surface area contributed by atoms with E-state index in [2.05, 4.69) is 26.0 Å². The van der Waals surface area contributed by atoms with Crippen LogP contribution in [0.4, 0.5) is 0 Å². The van der Waals surface area contributed by atoms with Gasteiger partial charge in [-0.25, -0.2) is 0 Å². The number of hydrogen-bond acceptors (Lipinski definition) is 2. The Balaban J connectivity index is 1.84. The lowest BCUT2D eigenvalue weighted by Crippen LogP contribution is -2.23. The molecule has 0 radical (unpaired) electrons. The van der Waals surface area contributed by atoms with E-state index < -0.39 is 0 Å². The van der Waals surface area contributed by atoms with Gasteiger partial charge in [-0.2, -0.15) is 0 Å². The molecule has 0 spiro atoms. The smallest absolute Gasteiger partial charge is 0.140 e. The lowest BCUT2D eigenvalue weighted by atomic mass is 9.76. The van der Waals surface area contributed by atoms with Crippen LogP contribution < -0.4 is 4.74 Å². The van der Waals surface area contributed by atoms with Gasteiger partial charge < -0.3 is 4.74 Å². The van der Waals surface area contributed by atoms with Crippen molar-refractivity contribution in [2.24, 2.45) is 5.92 Å². The predicted octanol–water partition coefficient (Wildman–Crippen LogP) is 5.90. The number of ether oxygens (including phenoxy) is 1. The minimum Gasteiger partial charge on any atom is -0.494 e. The molecule has 1 saturated carbocycles. The van der Waals surface area contributed by atoms with Gasteiger partial charge in [0.1, 0.15) is 11.5 Å². The molecule has 1 aliphatic rings. The van der Waals surface area contributed by atoms with Gasteiger partial charge in [-0.15, -0.1) is 0 Å². The van der Waals surface area contributed by atoms with Crippen molar-refractivity contribution in [1.29, 1.82) is 0 Å². The first-order valence-electron chi connectivity index (χ1n) is 9.50. The first-order valence-corrected chi connectivity index (χ1v) is 9.50. The highest BCUT2D eigenvalue weighted by Gasteiger charge is 2.29. The summed E-state index contributed by atoms with van der Waals surface area (Å²) < 4.78 is 5.70. The molecule has 0 bridgehead atoms. The van der Waals surface area contributed by atoms with Crippen LogP contribution in [0.1, 0.15) is 83.1 Å². The third kappa shape index (κ3) is 5.67. The van der Waals surface area contributed by atoms with Crippen LogP contribution in [0.3, 0.4) is 0 Å². The standard InChI is InChI=1S/C21H32O2/c1-3-5-7-8-17-9-14-20(21(22)16-17)18-10-12-19(13-11-18)23-15-6-4-2/h10-13,17,20H,3-9,14-16H2,1-2H3. The number of carbonyl (C=O) groups is 1. The van der Waals surface area contributed by atoms with E-state index in [0.717, 1.165) is 38.0 Å². The third-order valence-corrected chi connectivity index (χ3v) is 5.01. The summed E-state index contributed by atoms with van der Waals surface area (Å²) in [4.78, 5) is 12.5. The highest BCUT2D eigenvalue weighted by atomic mass is 16.5. The van der Waals surface area contributed by atoms with Gasteiger partial charge in [0.25, 0.3) is 0 Å². The zero-order valence-corrected chi connectivity index (χ0v) is 14.9. The predicted molar refractivity (Wildman–Crippen MR) is 96.1 cm³/mol. The molecule has 0 heterocycles. The van der Waals surface area contributed by atoms with Crippen molar-refractivity contribution >= 4 is 5.78 Å². The van der Waals surface area contributed by atoms with Crippen LogP contribution >= 0.6 is 0 Å². The molecule has 0 saturated heterocycles. The summed E-state index contributed by atoms with van der Waals surface area (Å²) in [6.45, 7) is 5.17. The molecule has 1 aromatic carbocycles. The van der Waals surface area contributed by atoms with Crippen molar-refractivity contribution in [3.63, 3.8) is 0 Å². The summed E-state index contributed by atoms with van der Waals surface area (Å²) in [7, 11) is 0. The maximum Gasteiger partial charge on any atom is 0.140 e. The lowest BCUT2D eigenvalue weighted by Gasteiger charge is -2.27. The van der Waals surface area contributed by atoms with Crippen molar-refractivity contribution in [2.75, 3.05) is 6.61 Å². The highest BCUT2D eigenvalue weighted by Crippen LogP contribution is 2.35. The fourth-order valence-electron chi connectivity index (χ4n) is 3.50. The summed E-state index contributed by atoms with van der Waals surface area (Å²) in [5.41, 5.74) is 1.17. The molecule has 2 heteroatoms. The van der Waals surface area contributed by atoms with Crippen LogP contribution in [0.2, 0.25) is 0 Å². The number of Topliss-reactive ketones (excluding diaryl/α,β-unsaturated/α-hetero) is 1. The van der Waals surface area contributed by atoms with Crippen LogP contribution in [0, 0.1) is 5.92 Å². The Kier molecular flexibility index (Phi) is 7.64. The summed E-state index contributed by atoms with van der Waals surface area (Å²) in [6, 6.07) is 8.21. The van der Waals surface area contributed by atoms with E-state index >= 15 is 0 Å². The number of carbonyl (C=O) groups excluding carboxylic acids is 1. The second kappa shape index (κ2) is 9.75. The number of benzene rings is 1. The molecule has 2 nitrogen and oxygen atoms in total. The number of ketones is 1. The molecular weight excluding hydrogens is 284 g/mol. The zero-order valence-electron chi connectivity index (χ0n) is 14.9. The van der Waals surface area contributed by atoms with E-state index in [4.69, 9.17) is 4.74 Å². The lowest BCUT2D eigenvalue weighted by molar-refractivity contribution is -0.123. The summed E-state index contributed by atoms with van der Waals surface area (Å²) in [5, 5.41) is 0. The quantitative estimate of drug-likeness (QED) is 0.530. The molecular formula is C21H32O2. The van der Waals surface area contributed by atoms with Gasteiger partial charge in [0.05, 0.1) is 6.61 Å². The minimum absolute atomic E-state index is 0.113. The Morgan fingerprint density at radius 1 is 1.00 bits per heavy atom. The van der Waals surface area contributed by atoms with Gasteiger partial charge >= 0.3 is 0 Å². The molecule has 0 aliphatic heterocycles. The maximum absolute atomic E-state index is 12.5. The Hall–Kier alpha value is -1.31. The molecule has 1 fully saturated rings. The maximum atomic E-state index is 12.5. The van der Waals surface area contributed by atoms with E-state index in [1.54, 1.807) is 0 Å². The monoisotopic (exact) mass is 316 g/mol. The molecule has 23 heavy (non-hydrogen) atoms. The topological polar surface area (TPSA) is 26.3 Å².